The number of hydrogen-bond acceptors (Lipinski definition) is 3. The molecule has 1 rings (SSSR count). The van der Waals surface area contributed by atoms with Crippen molar-refractivity contribution in [3.8, 4) is 0 Å². The highest BCUT2D eigenvalue weighted by Crippen LogP contribution is 2.11. The van der Waals surface area contributed by atoms with Gasteiger partial charge in [0, 0.05) is 24.9 Å². The second kappa shape index (κ2) is 12.1. The number of carbonyl (C=O) groups is 2. The van der Waals surface area contributed by atoms with Crippen molar-refractivity contribution in [2.45, 2.75) is 46.0 Å². The Morgan fingerprint density at radius 2 is 1.74 bits per heavy atom. The van der Waals surface area contributed by atoms with Crippen LogP contribution in [0.15, 0.2) is 24.3 Å². The van der Waals surface area contributed by atoms with Crippen LogP contribution in [0, 0.1) is 5.92 Å². The molecule has 5 heteroatoms. The van der Waals surface area contributed by atoms with E-state index in [1.165, 1.54) is 5.56 Å². The highest BCUT2D eigenvalue weighted by molar-refractivity contribution is 5.97. The number of unbranched alkanes of at least 4 members (excludes halogenated alkanes) is 1. The van der Waals surface area contributed by atoms with Crippen LogP contribution in [-0.4, -0.2) is 24.8 Å². The normalized spacial score (nSPS) is 10.3. The third-order valence-corrected chi connectivity index (χ3v) is 3.45. The van der Waals surface area contributed by atoms with Crippen LogP contribution in [-0.2, 0) is 11.2 Å². The fourth-order valence-corrected chi connectivity index (χ4v) is 2.26. The maximum Gasteiger partial charge on any atom is 0.220 e. The zero-order valence-corrected chi connectivity index (χ0v) is 15.0. The van der Waals surface area contributed by atoms with Crippen molar-refractivity contribution in [1.82, 2.24) is 5.32 Å². The molecule has 0 aromatic heterocycles. The first-order chi connectivity index (χ1) is 10.5. The Morgan fingerprint density at radius 1 is 1.09 bits per heavy atom. The van der Waals surface area contributed by atoms with E-state index in [4.69, 9.17) is 5.73 Å². The molecular weight excluding hydrogens is 312 g/mol. The molecule has 0 spiro atoms. The second-order valence-corrected chi connectivity index (χ2v) is 6.06. The third kappa shape index (κ3) is 9.36. The number of benzene rings is 1. The predicted molar refractivity (Wildman–Crippen MR) is 97.1 cm³/mol. The number of nitrogens with two attached hydrogens (primary N) is 1. The van der Waals surface area contributed by atoms with E-state index in [0.29, 0.717) is 24.6 Å². The van der Waals surface area contributed by atoms with Crippen LogP contribution < -0.4 is 11.1 Å². The molecule has 0 saturated carbocycles. The molecule has 0 heterocycles. The van der Waals surface area contributed by atoms with Gasteiger partial charge in [-0.15, -0.1) is 12.4 Å². The summed E-state index contributed by atoms with van der Waals surface area (Å²) in [6.07, 6.45) is 3.30. The summed E-state index contributed by atoms with van der Waals surface area (Å²) in [5.74, 6) is 0.555. The lowest BCUT2D eigenvalue weighted by Gasteiger charge is -2.07. The topological polar surface area (TPSA) is 72.2 Å². The van der Waals surface area contributed by atoms with Crippen LogP contribution in [0.5, 0.6) is 0 Å². The maximum absolute atomic E-state index is 12.1. The number of rotatable bonds is 10. The molecule has 1 amide bonds. The van der Waals surface area contributed by atoms with Crippen LogP contribution in [0.25, 0.3) is 0 Å². The number of hydrogen-bond donors (Lipinski definition) is 2. The highest BCUT2D eigenvalue weighted by atomic mass is 35.5. The number of halogens is 1. The van der Waals surface area contributed by atoms with Crippen molar-refractivity contribution in [3.05, 3.63) is 35.4 Å². The first-order valence-electron chi connectivity index (χ1n) is 8.12. The lowest BCUT2D eigenvalue weighted by molar-refractivity contribution is -0.121. The molecule has 0 saturated heterocycles. The Hall–Kier alpha value is -1.39. The molecule has 0 aliphatic heterocycles. The zero-order chi connectivity index (χ0) is 16.4. The van der Waals surface area contributed by atoms with E-state index in [2.05, 4.69) is 19.2 Å². The predicted octanol–water partition coefficient (Wildman–Crippen LogP) is 3.12. The highest BCUT2D eigenvalue weighted by Gasteiger charge is 2.09. The van der Waals surface area contributed by atoms with Crippen molar-refractivity contribution in [2.24, 2.45) is 11.7 Å². The minimum absolute atomic E-state index is 0. The first kappa shape index (κ1) is 21.6. The first-order valence-corrected chi connectivity index (χ1v) is 8.12. The summed E-state index contributed by atoms with van der Waals surface area (Å²) in [6.45, 7) is 5.62. The lowest BCUT2D eigenvalue weighted by atomic mass is 9.99. The number of carbonyl (C=O) groups excluding carboxylic acids is 2. The molecule has 0 aliphatic rings. The van der Waals surface area contributed by atoms with Gasteiger partial charge in [0.2, 0.25) is 5.91 Å². The Bertz CT molecular complexity index is 472. The number of nitrogens with one attached hydrogen (secondary N) is 1. The van der Waals surface area contributed by atoms with E-state index >= 15 is 0 Å². The van der Waals surface area contributed by atoms with Crippen molar-refractivity contribution in [2.75, 3.05) is 13.1 Å². The Morgan fingerprint density at radius 3 is 2.30 bits per heavy atom. The summed E-state index contributed by atoms with van der Waals surface area (Å²) in [7, 11) is 0. The van der Waals surface area contributed by atoms with E-state index in [0.717, 1.165) is 19.3 Å². The largest absolute Gasteiger partial charge is 0.356 e. The molecule has 0 aliphatic carbocycles. The van der Waals surface area contributed by atoms with Crippen LogP contribution in [0.3, 0.4) is 0 Å². The Balaban J connectivity index is 0.00000484. The van der Waals surface area contributed by atoms with Crippen molar-refractivity contribution in [1.29, 1.82) is 0 Å². The average Bonchev–Trinajstić information content (AvgIpc) is 2.49. The molecule has 0 bridgehead atoms. The Labute approximate surface area is 145 Å². The molecule has 0 atom stereocenters. The molecule has 1 aromatic carbocycles. The summed E-state index contributed by atoms with van der Waals surface area (Å²) in [5, 5.41) is 2.81. The number of Topliss-reactive ketones (excluding diaryl/α,β-unsaturated/α-hetero) is 1. The van der Waals surface area contributed by atoms with Crippen molar-refractivity contribution < 1.29 is 9.59 Å². The zero-order valence-electron chi connectivity index (χ0n) is 14.1. The second-order valence-electron chi connectivity index (χ2n) is 6.06. The van der Waals surface area contributed by atoms with Gasteiger partial charge in [0.1, 0.15) is 0 Å². The van der Waals surface area contributed by atoms with E-state index in [1.807, 2.05) is 24.3 Å². The van der Waals surface area contributed by atoms with Gasteiger partial charge in [-0.1, -0.05) is 38.1 Å². The summed E-state index contributed by atoms with van der Waals surface area (Å²) >= 11 is 0. The minimum Gasteiger partial charge on any atom is -0.356 e. The molecule has 23 heavy (non-hydrogen) atoms. The molecule has 0 fully saturated rings. The van der Waals surface area contributed by atoms with E-state index in [1.54, 1.807) is 0 Å². The fourth-order valence-electron chi connectivity index (χ4n) is 2.26. The summed E-state index contributed by atoms with van der Waals surface area (Å²) in [6, 6.07) is 7.72. The molecule has 3 N–H and O–H groups in total. The van der Waals surface area contributed by atoms with Gasteiger partial charge in [0.25, 0.3) is 0 Å². The van der Waals surface area contributed by atoms with Gasteiger partial charge in [-0.05, 0) is 37.3 Å². The third-order valence-electron chi connectivity index (χ3n) is 3.45. The van der Waals surface area contributed by atoms with Gasteiger partial charge >= 0.3 is 0 Å². The summed E-state index contributed by atoms with van der Waals surface area (Å²) in [5.41, 5.74) is 7.31. The SMILES string of the molecule is CC(C)Cc1ccc(C(=O)CCC(=O)NCCCCN)cc1.Cl. The number of ketones is 1. The maximum atomic E-state index is 12.1. The van der Waals surface area contributed by atoms with Gasteiger partial charge in [-0.25, -0.2) is 0 Å². The van der Waals surface area contributed by atoms with Gasteiger partial charge in [-0.3, -0.25) is 9.59 Å². The quantitative estimate of drug-likeness (QED) is 0.507. The lowest BCUT2D eigenvalue weighted by Crippen LogP contribution is -2.25. The average molecular weight is 341 g/mol. The van der Waals surface area contributed by atoms with Gasteiger partial charge in [0.15, 0.2) is 5.78 Å². The van der Waals surface area contributed by atoms with Crippen LogP contribution >= 0.6 is 12.4 Å². The molecule has 1 aromatic rings. The van der Waals surface area contributed by atoms with Crippen LogP contribution in [0.2, 0.25) is 0 Å². The minimum atomic E-state index is -0.0678. The van der Waals surface area contributed by atoms with Crippen LogP contribution in [0.4, 0.5) is 0 Å². The smallest absolute Gasteiger partial charge is 0.220 e. The van der Waals surface area contributed by atoms with Gasteiger partial charge in [0.05, 0.1) is 0 Å². The number of amides is 1. The van der Waals surface area contributed by atoms with Gasteiger partial charge < -0.3 is 11.1 Å². The van der Waals surface area contributed by atoms with Crippen molar-refractivity contribution >= 4 is 24.1 Å². The molecule has 130 valence electrons. The van der Waals surface area contributed by atoms with E-state index in [9.17, 15) is 9.59 Å². The fraction of sp³-hybridized carbons (Fsp3) is 0.556. The van der Waals surface area contributed by atoms with Gasteiger partial charge in [-0.2, -0.15) is 0 Å². The summed E-state index contributed by atoms with van der Waals surface area (Å²) < 4.78 is 0. The standard InChI is InChI=1S/C18H28N2O2.ClH/c1-14(2)13-15-5-7-16(8-6-15)17(21)9-10-18(22)20-12-4-3-11-19;/h5-8,14H,3-4,9-13,19H2,1-2H3,(H,20,22);1H. The van der Waals surface area contributed by atoms with Crippen LogP contribution in [0.1, 0.15) is 55.5 Å². The monoisotopic (exact) mass is 340 g/mol. The van der Waals surface area contributed by atoms with Crippen molar-refractivity contribution in [3.63, 3.8) is 0 Å². The molecular formula is C18H29ClN2O2. The Kier molecular flexibility index (Phi) is 11.4. The molecule has 0 unspecified atom stereocenters. The molecule has 4 nitrogen and oxygen atoms in total. The van der Waals surface area contributed by atoms with E-state index < -0.39 is 0 Å². The van der Waals surface area contributed by atoms with E-state index in [-0.39, 0.29) is 36.9 Å². The molecule has 0 radical (unpaired) electrons. The summed E-state index contributed by atoms with van der Waals surface area (Å²) in [4.78, 5) is 23.7.